The van der Waals surface area contributed by atoms with Gasteiger partial charge in [-0.05, 0) is 34.2 Å². The highest BCUT2D eigenvalue weighted by molar-refractivity contribution is 5.89. The molecule has 0 saturated carbocycles. The van der Waals surface area contributed by atoms with Gasteiger partial charge in [-0.15, -0.1) is 0 Å². The zero-order chi connectivity index (χ0) is 14.1. The van der Waals surface area contributed by atoms with Crippen molar-refractivity contribution in [2.45, 2.75) is 6.10 Å². The van der Waals surface area contributed by atoms with E-state index in [0.29, 0.717) is 5.56 Å². The molecular formula is C18H14O2. The molecule has 1 aliphatic rings. The van der Waals surface area contributed by atoms with E-state index >= 15 is 0 Å². The molecule has 0 heterocycles. The van der Waals surface area contributed by atoms with Crippen molar-refractivity contribution in [2.24, 2.45) is 0 Å². The van der Waals surface area contributed by atoms with Crippen molar-refractivity contribution < 1.29 is 9.53 Å². The first-order valence-corrected chi connectivity index (χ1v) is 6.42. The Hall–Kier alpha value is -2.61. The summed E-state index contributed by atoms with van der Waals surface area (Å²) in [6.45, 7) is 7.99. The molecule has 0 saturated heterocycles. The van der Waals surface area contributed by atoms with Crippen molar-refractivity contribution in [3.63, 3.8) is 0 Å². The number of fused-ring (bicyclic) bond motifs is 1. The van der Waals surface area contributed by atoms with Crippen LogP contribution in [0.15, 0.2) is 48.5 Å². The summed E-state index contributed by atoms with van der Waals surface area (Å²) in [6.07, 6.45) is 3.43. The van der Waals surface area contributed by atoms with Gasteiger partial charge in [0.05, 0.1) is 5.56 Å². The molecule has 0 N–H and O–H groups in total. The van der Waals surface area contributed by atoms with Crippen LogP contribution in [-0.4, -0.2) is 5.97 Å². The standard InChI is InChI=1S/C18H14O2/c1-12-8-9-13(2)17-15(12)10-11-16(17)20-18(19)14-6-4-3-5-7-14/h3-11,16H,1-2H2. The van der Waals surface area contributed by atoms with E-state index in [2.05, 4.69) is 13.2 Å². The van der Waals surface area contributed by atoms with Gasteiger partial charge in [-0.1, -0.05) is 49.6 Å². The van der Waals surface area contributed by atoms with Crippen molar-refractivity contribution in [1.82, 2.24) is 0 Å². The second-order valence-electron chi connectivity index (χ2n) is 4.76. The Morgan fingerprint density at radius 2 is 1.70 bits per heavy atom. The maximum absolute atomic E-state index is 12.1. The summed E-state index contributed by atoms with van der Waals surface area (Å²) in [5, 5.41) is 1.78. The van der Waals surface area contributed by atoms with E-state index in [1.54, 1.807) is 12.1 Å². The van der Waals surface area contributed by atoms with Gasteiger partial charge in [0.2, 0.25) is 0 Å². The summed E-state index contributed by atoms with van der Waals surface area (Å²) in [5.41, 5.74) is 2.48. The van der Waals surface area contributed by atoms with Gasteiger partial charge in [0.15, 0.2) is 0 Å². The van der Waals surface area contributed by atoms with Crippen molar-refractivity contribution >= 4 is 25.2 Å². The van der Waals surface area contributed by atoms with Crippen LogP contribution in [0.4, 0.5) is 0 Å². The van der Waals surface area contributed by atoms with Crippen molar-refractivity contribution in [3.05, 3.63) is 75.7 Å². The number of hydrogen-bond donors (Lipinski definition) is 0. The Labute approximate surface area is 117 Å². The molecule has 0 bridgehead atoms. The monoisotopic (exact) mass is 262 g/mol. The van der Waals surface area contributed by atoms with E-state index in [1.807, 2.05) is 42.5 Å². The Bertz CT molecular complexity index is 788. The lowest BCUT2D eigenvalue weighted by atomic mass is 10.0. The van der Waals surface area contributed by atoms with Gasteiger partial charge in [0, 0.05) is 5.56 Å². The molecule has 2 aromatic carbocycles. The maximum Gasteiger partial charge on any atom is 0.339 e. The van der Waals surface area contributed by atoms with Crippen LogP contribution in [0.3, 0.4) is 0 Å². The predicted octanol–water partition coefficient (Wildman–Crippen LogP) is 2.43. The molecule has 1 aliphatic carbocycles. The van der Waals surface area contributed by atoms with Gasteiger partial charge < -0.3 is 4.74 Å². The average molecular weight is 262 g/mol. The van der Waals surface area contributed by atoms with Gasteiger partial charge in [-0.2, -0.15) is 0 Å². The molecule has 20 heavy (non-hydrogen) atoms. The minimum absolute atomic E-state index is 0.332. The minimum atomic E-state index is -0.382. The molecule has 0 fully saturated rings. The average Bonchev–Trinajstić information content (AvgIpc) is 2.89. The molecule has 2 nitrogen and oxygen atoms in total. The molecule has 0 spiro atoms. The minimum Gasteiger partial charge on any atom is -0.450 e. The maximum atomic E-state index is 12.1. The Balaban J connectivity index is 1.92. The lowest BCUT2D eigenvalue weighted by molar-refractivity contribution is 0.0395. The Kier molecular flexibility index (Phi) is 2.99. The number of ether oxygens (including phenoxy) is 1. The third-order valence-corrected chi connectivity index (χ3v) is 3.43. The number of rotatable bonds is 2. The second-order valence-corrected chi connectivity index (χ2v) is 4.76. The summed E-state index contributed by atoms with van der Waals surface area (Å²) in [4.78, 5) is 12.1. The smallest absolute Gasteiger partial charge is 0.339 e. The zero-order valence-corrected chi connectivity index (χ0v) is 11.0. The summed E-state index contributed by atoms with van der Waals surface area (Å²) in [7, 11) is 0. The van der Waals surface area contributed by atoms with E-state index in [9.17, 15) is 4.79 Å². The Morgan fingerprint density at radius 3 is 2.45 bits per heavy atom. The normalized spacial score (nSPS) is 15.9. The quantitative estimate of drug-likeness (QED) is 0.777. The zero-order valence-electron chi connectivity index (χ0n) is 11.0. The summed E-state index contributed by atoms with van der Waals surface area (Å²) < 4.78 is 5.57. The van der Waals surface area contributed by atoms with Gasteiger partial charge in [0.25, 0.3) is 0 Å². The van der Waals surface area contributed by atoms with Crippen LogP contribution in [0.5, 0.6) is 0 Å². The van der Waals surface area contributed by atoms with Crippen molar-refractivity contribution in [2.75, 3.05) is 0 Å². The number of carbonyl (C=O) groups excluding carboxylic acids is 1. The number of esters is 1. The van der Waals surface area contributed by atoms with Gasteiger partial charge >= 0.3 is 5.97 Å². The van der Waals surface area contributed by atoms with Crippen LogP contribution in [0, 0.1) is 0 Å². The van der Waals surface area contributed by atoms with Crippen LogP contribution in [-0.2, 0) is 4.74 Å². The summed E-state index contributed by atoms with van der Waals surface area (Å²) in [5.74, 6) is -0.332. The third kappa shape index (κ3) is 2.05. The lowest BCUT2D eigenvalue weighted by Crippen LogP contribution is -2.20. The van der Waals surface area contributed by atoms with Crippen LogP contribution < -0.4 is 10.4 Å². The molecule has 2 heteroatoms. The fourth-order valence-corrected chi connectivity index (χ4v) is 2.40. The van der Waals surface area contributed by atoms with E-state index in [4.69, 9.17) is 4.74 Å². The highest BCUT2D eigenvalue weighted by atomic mass is 16.5. The SMILES string of the molecule is C=c1ccc(=C)c2c1C=CC2OC(=O)c1ccccc1. The number of benzene rings is 2. The fourth-order valence-electron chi connectivity index (χ4n) is 2.40. The first-order valence-electron chi connectivity index (χ1n) is 6.42. The van der Waals surface area contributed by atoms with Gasteiger partial charge in [-0.25, -0.2) is 4.79 Å². The van der Waals surface area contributed by atoms with Crippen LogP contribution in [0.2, 0.25) is 0 Å². The van der Waals surface area contributed by atoms with Gasteiger partial charge in [-0.3, -0.25) is 0 Å². The van der Waals surface area contributed by atoms with Crippen LogP contribution in [0.25, 0.3) is 19.2 Å². The third-order valence-electron chi connectivity index (χ3n) is 3.43. The molecule has 1 atom stereocenters. The molecule has 0 aliphatic heterocycles. The molecule has 2 aromatic rings. The first-order chi connectivity index (χ1) is 9.66. The molecule has 3 rings (SSSR count). The molecule has 0 radical (unpaired) electrons. The van der Waals surface area contributed by atoms with Crippen molar-refractivity contribution in [3.8, 4) is 0 Å². The second kappa shape index (κ2) is 4.82. The van der Waals surface area contributed by atoms with E-state index < -0.39 is 0 Å². The largest absolute Gasteiger partial charge is 0.450 e. The summed E-state index contributed by atoms with van der Waals surface area (Å²) >= 11 is 0. The molecular weight excluding hydrogens is 248 g/mol. The van der Waals surface area contributed by atoms with E-state index in [0.717, 1.165) is 21.6 Å². The van der Waals surface area contributed by atoms with E-state index in [-0.39, 0.29) is 12.1 Å². The van der Waals surface area contributed by atoms with Crippen LogP contribution >= 0.6 is 0 Å². The van der Waals surface area contributed by atoms with Crippen LogP contribution in [0.1, 0.15) is 27.6 Å². The molecule has 1 unspecified atom stereocenters. The molecule has 98 valence electrons. The highest BCUT2D eigenvalue weighted by Crippen LogP contribution is 2.27. The topological polar surface area (TPSA) is 26.3 Å². The Morgan fingerprint density at radius 1 is 1.00 bits per heavy atom. The van der Waals surface area contributed by atoms with E-state index in [1.165, 1.54) is 0 Å². The first kappa shape index (κ1) is 12.4. The molecule has 0 amide bonds. The number of carbonyl (C=O) groups is 1. The lowest BCUT2D eigenvalue weighted by Gasteiger charge is -2.13. The van der Waals surface area contributed by atoms with Gasteiger partial charge in [0.1, 0.15) is 6.10 Å². The van der Waals surface area contributed by atoms with Crippen molar-refractivity contribution in [1.29, 1.82) is 0 Å². The fraction of sp³-hybridized carbons (Fsp3) is 0.0556. The molecule has 0 aromatic heterocycles. The number of hydrogen-bond acceptors (Lipinski definition) is 2. The summed E-state index contributed by atoms with van der Waals surface area (Å²) in [6, 6.07) is 12.8. The predicted molar refractivity (Wildman–Crippen MR) is 80.4 cm³/mol. The highest BCUT2D eigenvalue weighted by Gasteiger charge is 2.22.